The first-order chi connectivity index (χ1) is 7.28. The summed E-state index contributed by atoms with van der Waals surface area (Å²) >= 11 is 1.98. The van der Waals surface area contributed by atoms with Crippen molar-refractivity contribution in [3.63, 3.8) is 0 Å². The fourth-order valence-corrected chi connectivity index (χ4v) is 3.00. The van der Waals surface area contributed by atoms with E-state index in [9.17, 15) is 4.79 Å². The zero-order valence-electron chi connectivity index (χ0n) is 11.0. The fourth-order valence-electron chi connectivity index (χ4n) is 1.84. The Morgan fingerprint density at radius 1 is 1.44 bits per heavy atom. The van der Waals surface area contributed by atoms with Gasteiger partial charge in [-0.25, -0.2) is 0 Å². The highest BCUT2D eigenvalue weighted by Gasteiger charge is 2.26. The van der Waals surface area contributed by atoms with Gasteiger partial charge >= 0.3 is 0 Å². The van der Waals surface area contributed by atoms with E-state index < -0.39 is 0 Å². The van der Waals surface area contributed by atoms with Gasteiger partial charge in [-0.1, -0.05) is 6.92 Å². The number of hydrogen-bond acceptors (Lipinski definition) is 3. The Morgan fingerprint density at radius 3 is 2.50 bits per heavy atom. The van der Waals surface area contributed by atoms with Gasteiger partial charge in [0.2, 0.25) is 5.91 Å². The molecule has 1 aliphatic rings. The molecule has 0 aromatic heterocycles. The van der Waals surface area contributed by atoms with E-state index in [4.69, 9.17) is 0 Å². The highest BCUT2D eigenvalue weighted by atomic mass is 32.2. The van der Waals surface area contributed by atoms with Gasteiger partial charge in [0.05, 0.1) is 6.04 Å². The third-order valence-corrected chi connectivity index (χ3v) is 3.93. The molecule has 1 saturated heterocycles. The lowest BCUT2D eigenvalue weighted by atomic mass is 10.1. The normalized spacial score (nSPS) is 27.8. The summed E-state index contributed by atoms with van der Waals surface area (Å²) in [4.78, 5) is 11.8. The summed E-state index contributed by atoms with van der Waals surface area (Å²) in [7, 11) is 0. The molecule has 0 radical (unpaired) electrons. The van der Waals surface area contributed by atoms with Crippen molar-refractivity contribution in [2.24, 2.45) is 0 Å². The van der Waals surface area contributed by atoms with Crippen LogP contribution in [-0.4, -0.2) is 34.5 Å². The smallest absolute Gasteiger partial charge is 0.237 e. The van der Waals surface area contributed by atoms with Gasteiger partial charge in [0.15, 0.2) is 0 Å². The predicted octanol–water partition coefficient (Wildman–Crippen LogP) is 1.77. The van der Waals surface area contributed by atoms with Crippen LogP contribution in [0.5, 0.6) is 0 Å². The average Bonchev–Trinajstić information content (AvgIpc) is 2.48. The van der Waals surface area contributed by atoms with Crippen LogP contribution in [0.1, 0.15) is 41.0 Å². The molecule has 0 aliphatic carbocycles. The van der Waals surface area contributed by atoms with Gasteiger partial charge in [-0.05, 0) is 34.1 Å². The number of hydrogen-bond donors (Lipinski definition) is 2. The molecule has 1 amide bonds. The van der Waals surface area contributed by atoms with Crippen molar-refractivity contribution in [3.8, 4) is 0 Å². The van der Waals surface area contributed by atoms with E-state index in [0.29, 0.717) is 6.04 Å². The second kappa shape index (κ2) is 5.41. The number of nitrogens with one attached hydrogen (secondary N) is 2. The molecule has 3 nitrogen and oxygen atoms in total. The third kappa shape index (κ3) is 4.74. The van der Waals surface area contributed by atoms with Gasteiger partial charge in [0, 0.05) is 22.6 Å². The van der Waals surface area contributed by atoms with Gasteiger partial charge in [-0.2, -0.15) is 11.8 Å². The minimum atomic E-state index is -0.148. The van der Waals surface area contributed by atoms with Crippen LogP contribution in [-0.2, 0) is 4.79 Å². The summed E-state index contributed by atoms with van der Waals surface area (Å²) in [6, 6.07) is 0.385. The molecule has 1 rings (SSSR count). The Labute approximate surface area is 103 Å². The van der Waals surface area contributed by atoms with E-state index in [2.05, 4.69) is 17.6 Å². The summed E-state index contributed by atoms with van der Waals surface area (Å²) in [6.07, 6.45) is 1.16. The van der Waals surface area contributed by atoms with Crippen molar-refractivity contribution in [1.29, 1.82) is 0 Å². The molecule has 0 aromatic rings. The van der Waals surface area contributed by atoms with E-state index in [0.717, 1.165) is 17.4 Å². The van der Waals surface area contributed by atoms with Crippen molar-refractivity contribution < 1.29 is 4.79 Å². The quantitative estimate of drug-likeness (QED) is 0.795. The molecule has 2 N–H and O–H groups in total. The number of thioether (sulfide) groups is 1. The SMILES string of the molecule is CC1CC(NC(C)C(=O)NC(C)(C)C)CS1. The predicted molar refractivity (Wildman–Crippen MR) is 70.8 cm³/mol. The number of carbonyl (C=O) groups excluding carboxylic acids is 1. The molecule has 1 aliphatic heterocycles. The van der Waals surface area contributed by atoms with Gasteiger partial charge in [-0.3, -0.25) is 4.79 Å². The zero-order valence-corrected chi connectivity index (χ0v) is 11.8. The molecule has 0 bridgehead atoms. The number of rotatable bonds is 3. The molecule has 4 heteroatoms. The molecule has 94 valence electrons. The monoisotopic (exact) mass is 244 g/mol. The summed E-state index contributed by atoms with van der Waals surface area (Å²) in [6.45, 7) is 10.2. The summed E-state index contributed by atoms with van der Waals surface area (Å²) in [5.74, 6) is 1.21. The van der Waals surface area contributed by atoms with Crippen molar-refractivity contribution in [3.05, 3.63) is 0 Å². The maximum atomic E-state index is 11.8. The largest absolute Gasteiger partial charge is 0.350 e. The van der Waals surface area contributed by atoms with E-state index in [1.165, 1.54) is 0 Å². The van der Waals surface area contributed by atoms with Gasteiger partial charge in [0.25, 0.3) is 0 Å². The van der Waals surface area contributed by atoms with Crippen LogP contribution in [0.3, 0.4) is 0 Å². The Bertz CT molecular complexity index is 250. The summed E-state index contributed by atoms with van der Waals surface area (Å²) in [5, 5.41) is 7.11. The van der Waals surface area contributed by atoms with E-state index >= 15 is 0 Å². The molecule has 1 heterocycles. The number of carbonyl (C=O) groups is 1. The van der Waals surface area contributed by atoms with E-state index in [-0.39, 0.29) is 17.5 Å². The maximum absolute atomic E-state index is 11.8. The van der Waals surface area contributed by atoms with Crippen LogP contribution in [0.25, 0.3) is 0 Å². The van der Waals surface area contributed by atoms with Crippen LogP contribution in [0.2, 0.25) is 0 Å². The Balaban J connectivity index is 2.34. The molecule has 16 heavy (non-hydrogen) atoms. The van der Waals surface area contributed by atoms with Gasteiger partial charge < -0.3 is 10.6 Å². The first-order valence-corrected chi connectivity index (χ1v) is 7.02. The topological polar surface area (TPSA) is 41.1 Å². The van der Waals surface area contributed by atoms with Crippen LogP contribution in [0.4, 0.5) is 0 Å². The molecule has 0 spiro atoms. The van der Waals surface area contributed by atoms with Crippen LogP contribution >= 0.6 is 11.8 Å². The van der Waals surface area contributed by atoms with Crippen LogP contribution in [0, 0.1) is 0 Å². The average molecular weight is 244 g/mol. The minimum absolute atomic E-state index is 0.0945. The second-order valence-electron chi connectivity index (χ2n) is 5.70. The molecule has 0 aromatic carbocycles. The molecular formula is C12H24N2OS. The van der Waals surface area contributed by atoms with Crippen molar-refractivity contribution in [2.75, 3.05) is 5.75 Å². The van der Waals surface area contributed by atoms with Crippen molar-refractivity contribution >= 4 is 17.7 Å². The molecule has 3 atom stereocenters. The summed E-state index contributed by atoms with van der Waals surface area (Å²) in [5.41, 5.74) is -0.148. The van der Waals surface area contributed by atoms with E-state index in [1.807, 2.05) is 39.5 Å². The lowest BCUT2D eigenvalue weighted by Crippen LogP contribution is -2.51. The van der Waals surface area contributed by atoms with Crippen molar-refractivity contribution in [2.45, 2.75) is 63.9 Å². The van der Waals surface area contributed by atoms with Gasteiger partial charge in [0.1, 0.15) is 0 Å². The highest BCUT2D eigenvalue weighted by molar-refractivity contribution is 8.00. The minimum Gasteiger partial charge on any atom is -0.350 e. The third-order valence-electron chi connectivity index (χ3n) is 2.58. The van der Waals surface area contributed by atoms with Gasteiger partial charge in [-0.15, -0.1) is 0 Å². The summed E-state index contributed by atoms with van der Waals surface area (Å²) < 4.78 is 0. The molecular weight excluding hydrogens is 220 g/mol. The lowest BCUT2D eigenvalue weighted by molar-refractivity contribution is -0.124. The first-order valence-electron chi connectivity index (χ1n) is 5.97. The Morgan fingerprint density at radius 2 is 2.06 bits per heavy atom. The van der Waals surface area contributed by atoms with Crippen LogP contribution in [0.15, 0.2) is 0 Å². The zero-order chi connectivity index (χ0) is 12.3. The second-order valence-corrected chi connectivity index (χ2v) is 7.18. The molecule has 1 fully saturated rings. The molecule has 0 saturated carbocycles. The highest BCUT2D eigenvalue weighted by Crippen LogP contribution is 2.26. The Kier molecular flexibility index (Phi) is 4.68. The maximum Gasteiger partial charge on any atom is 0.237 e. The standard InChI is InChI=1S/C12H24N2OS/c1-8-6-10(7-16-8)13-9(2)11(15)14-12(3,4)5/h8-10,13H,6-7H2,1-5H3,(H,14,15). The van der Waals surface area contributed by atoms with E-state index in [1.54, 1.807) is 0 Å². The fraction of sp³-hybridized carbons (Fsp3) is 0.917. The Hall–Kier alpha value is -0.220. The lowest BCUT2D eigenvalue weighted by Gasteiger charge is -2.25. The van der Waals surface area contributed by atoms with Crippen LogP contribution < -0.4 is 10.6 Å². The number of amides is 1. The molecule has 3 unspecified atom stereocenters. The van der Waals surface area contributed by atoms with Crippen molar-refractivity contribution in [1.82, 2.24) is 10.6 Å². The first kappa shape index (κ1) is 13.8.